The number of hydrogen-bond acceptors (Lipinski definition) is 2. The first-order chi connectivity index (χ1) is 8.63. The fraction of sp³-hybridized carbons (Fsp3) is 0.143. The first-order valence-electron chi connectivity index (χ1n) is 5.76. The molecule has 2 nitrogen and oxygen atoms in total. The average molecular weight is 260 g/mol. The summed E-state index contributed by atoms with van der Waals surface area (Å²) in [5, 5.41) is 0.780. The molecule has 92 valence electrons. The number of ether oxygens (including phenoxy) is 1. The molecular formula is C14H15BClNO. The highest BCUT2D eigenvalue weighted by Crippen LogP contribution is 2.30. The summed E-state index contributed by atoms with van der Waals surface area (Å²) in [7, 11) is 5.67. The van der Waals surface area contributed by atoms with E-state index in [-0.39, 0.29) is 0 Å². The Kier molecular flexibility index (Phi) is 3.82. The zero-order valence-corrected chi connectivity index (χ0v) is 11.5. The number of anilines is 2. The molecule has 0 bridgehead atoms. The number of rotatable bonds is 3. The Hall–Kier alpha value is -1.61. The second-order valence-electron chi connectivity index (χ2n) is 4.17. The van der Waals surface area contributed by atoms with E-state index in [4.69, 9.17) is 16.3 Å². The maximum atomic E-state index is 6.34. The SMILES string of the molecule is Bc1cccc(N(C)c2cccc(OC)c2)c1Cl. The van der Waals surface area contributed by atoms with Gasteiger partial charge in [-0.3, -0.25) is 0 Å². The molecule has 0 unspecified atom stereocenters. The van der Waals surface area contributed by atoms with Gasteiger partial charge in [-0.05, 0) is 18.2 Å². The Morgan fingerprint density at radius 1 is 1.17 bits per heavy atom. The van der Waals surface area contributed by atoms with Crippen LogP contribution < -0.4 is 15.1 Å². The molecule has 0 aliphatic rings. The standard InChI is InChI=1S/C14H15BClNO/c1-17(10-5-3-6-11(9-10)18-2)13-8-4-7-12(15)14(13)16/h3-9H,15H2,1-2H3. The van der Waals surface area contributed by atoms with Gasteiger partial charge in [0.15, 0.2) is 0 Å². The summed E-state index contributed by atoms with van der Waals surface area (Å²) in [6.07, 6.45) is 0. The van der Waals surface area contributed by atoms with E-state index in [2.05, 4.69) is 4.90 Å². The molecule has 4 heteroatoms. The van der Waals surface area contributed by atoms with Crippen LogP contribution in [0.3, 0.4) is 0 Å². The lowest BCUT2D eigenvalue weighted by Gasteiger charge is -2.22. The fourth-order valence-corrected chi connectivity index (χ4v) is 2.10. The Balaban J connectivity index is 2.41. The molecule has 0 spiro atoms. The quantitative estimate of drug-likeness (QED) is 0.785. The molecule has 0 amide bonds. The van der Waals surface area contributed by atoms with Gasteiger partial charge in [0.25, 0.3) is 0 Å². The van der Waals surface area contributed by atoms with Crippen molar-refractivity contribution in [3.63, 3.8) is 0 Å². The van der Waals surface area contributed by atoms with Crippen LogP contribution in [0, 0.1) is 0 Å². The smallest absolute Gasteiger partial charge is 0.141 e. The summed E-state index contributed by atoms with van der Waals surface area (Å²) < 4.78 is 5.24. The van der Waals surface area contributed by atoms with Crippen molar-refractivity contribution in [1.29, 1.82) is 0 Å². The van der Waals surface area contributed by atoms with Gasteiger partial charge in [-0.25, -0.2) is 0 Å². The fourth-order valence-electron chi connectivity index (χ4n) is 1.85. The van der Waals surface area contributed by atoms with Crippen LogP contribution in [-0.4, -0.2) is 22.0 Å². The lowest BCUT2D eigenvalue weighted by atomic mass is 9.95. The molecule has 0 heterocycles. The molecule has 0 aliphatic carbocycles. The van der Waals surface area contributed by atoms with Crippen LogP contribution in [-0.2, 0) is 0 Å². The topological polar surface area (TPSA) is 12.5 Å². The summed E-state index contributed by atoms with van der Waals surface area (Å²) in [5.74, 6) is 0.836. The summed E-state index contributed by atoms with van der Waals surface area (Å²) in [4.78, 5) is 2.05. The van der Waals surface area contributed by atoms with Crippen molar-refractivity contribution in [2.24, 2.45) is 0 Å². The molecule has 0 radical (unpaired) electrons. The van der Waals surface area contributed by atoms with Gasteiger partial charge in [-0.2, -0.15) is 0 Å². The van der Waals surface area contributed by atoms with Crippen molar-refractivity contribution in [2.75, 3.05) is 19.1 Å². The molecule has 2 aromatic carbocycles. The van der Waals surface area contributed by atoms with Gasteiger partial charge < -0.3 is 9.64 Å². The second kappa shape index (κ2) is 5.36. The third-order valence-corrected chi connectivity index (χ3v) is 3.47. The maximum Gasteiger partial charge on any atom is 0.141 e. The molecule has 2 aromatic rings. The van der Waals surface area contributed by atoms with Gasteiger partial charge in [0.05, 0.1) is 17.8 Å². The largest absolute Gasteiger partial charge is 0.497 e. The molecule has 0 saturated heterocycles. The van der Waals surface area contributed by atoms with Crippen molar-refractivity contribution in [1.82, 2.24) is 0 Å². The summed E-state index contributed by atoms with van der Waals surface area (Å²) in [5.41, 5.74) is 3.11. The van der Waals surface area contributed by atoms with E-state index in [0.29, 0.717) is 0 Å². The zero-order valence-electron chi connectivity index (χ0n) is 10.8. The van der Waals surface area contributed by atoms with Crippen LogP contribution in [0.4, 0.5) is 11.4 Å². The minimum Gasteiger partial charge on any atom is -0.497 e. The third kappa shape index (κ3) is 2.46. The number of hydrogen-bond donors (Lipinski definition) is 0. The highest BCUT2D eigenvalue weighted by atomic mass is 35.5. The van der Waals surface area contributed by atoms with Crippen molar-refractivity contribution in [3.8, 4) is 5.75 Å². The average Bonchev–Trinajstić information content (AvgIpc) is 2.41. The highest BCUT2D eigenvalue weighted by Gasteiger charge is 2.09. The normalized spacial score (nSPS) is 10.2. The molecule has 0 aromatic heterocycles. The number of methoxy groups -OCH3 is 1. The lowest BCUT2D eigenvalue weighted by molar-refractivity contribution is 0.415. The van der Waals surface area contributed by atoms with Gasteiger partial charge in [0.2, 0.25) is 0 Å². The van der Waals surface area contributed by atoms with Crippen LogP contribution in [0.2, 0.25) is 5.02 Å². The van der Waals surface area contributed by atoms with E-state index >= 15 is 0 Å². The Morgan fingerprint density at radius 3 is 2.61 bits per heavy atom. The van der Waals surface area contributed by atoms with Crippen molar-refractivity contribution >= 4 is 36.3 Å². The minimum absolute atomic E-state index is 0.780. The number of nitrogens with zero attached hydrogens (tertiary/aromatic N) is 1. The monoisotopic (exact) mass is 259 g/mol. The third-order valence-electron chi connectivity index (χ3n) is 2.97. The van der Waals surface area contributed by atoms with Crippen molar-refractivity contribution in [2.45, 2.75) is 0 Å². The van der Waals surface area contributed by atoms with E-state index in [1.165, 1.54) is 0 Å². The van der Waals surface area contributed by atoms with Crippen LogP contribution in [0.15, 0.2) is 42.5 Å². The first kappa shape index (κ1) is 12.8. The molecule has 0 atom stereocenters. The van der Waals surface area contributed by atoms with E-state index in [1.807, 2.05) is 57.4 Å². The summed E-state index contributed by atoms with van der Waals surface area (Å²) in [6.45, 7) is 0. The van der Waals surface area contributed by atoms with Gasteiger partial charge in [0.1, 0.15) is 13.6 Å². The number of benzene rings is 2. The van der Waals surface area contributed by atoms with Crippen LogP contribution in [0.5, 0.6) is 5.75 Å². The van der Waals surface area contributed by atoms with E-state index < -0.39 is 0 Å². The number of halogens is 1. The first-order valence-corrected chi connectivity index (χ1v) is 6.14. The molecule has 0 N–H and O–H groups in total. The molecule has 0 saturated carbocycles. The lowest BCUT2D eigenvalue weighted by Crippen LogP contribution is -2.14. The van der Waals surface area contributed by atoms with Crippen molar-refractivity contribution in [3.05, 3.63) is 47.5 Å². The molecule has 18 heavy (non-hydrogen) atoms. The molecule has 0 fully saturated rings. The molecule has 2 rings (SSSR count). The van der Waals surface area contributed by atoms with Gasteiger partial charge in [0, 0.05) is 18.8 Å². The molecule has 0 aliphatic heterocycles. The van der Waals surface area contributed by atoms with E-state index in [1.54, 1.807) is 7.11 Å². The molecular weight excluding hydrogens is 244 g/mol. The second-order valence-corrected chi connectivity index (χ2v) is 4.55. The summed E-state index contributed by atoms with van der Waals surface area (Å²) >= 11 is 6.34. The van der Waals surface area contributed by atoms with Crippen molar-refractivity contribution < 1.29 is 4.74 Å². The summed E-state index contributed by atoms with van der Waals surface area (Å²) in [6, 6.07) is 13.9. The van der Waals surface area contributed by atoms with Crippen LogP contribution in [0.1, 0.15) is 0 Å². The van der Waals surface area contributed by atoms with Gasteiger partial charge in [-0.1, -0.05) is 35.3 Å². The Bertz CT molecular complexity index is 559. The van der Waals surface area contributed by atoms with E-state index in [0.717, 1.165) is 27.6 Å². The predicted octanol–water partition coefficient (Wildman–Crippen LogP) is 2.37. The minimum atomic E-state index is 0.780. The van der Waals surface area contributed by atoms with E-state index in [9.17, 15) is 0 Å². The Labute approximate surface area is 114 Å². The van der Waals surface area contributed by atoms with Gasteiger partial charge in [-0.15, -0.1) is 0 Å². The zero-order chi connectivity index (χ0) is 13.1. The maximum absolute atomic E-state index is 6.34. The predicted molar refractivity (Wildman–Crippen MR) is 80.7 cm³/mol. The van der Waals surface area contributed by atoms with Crippen LogP contribution in [0.25, 0.3) is 0 Å². The van der Waals surface area contributed by atoms with Gasteiger partial charge >= 0.3 is 0 Å². The highest BCUT2D eigenvalue weighted by molar-refractivity contribution is 6.46. The van der Waals surface area contributed by atoms with Crippen LogP contribution >= 0.6 is 11.6 Å². The Morgan fingerprint density at radius 2 is 1.89 bits per heavy atom.